The van der Waals surface area contributed by atoms with Crippen LogP contribution in [0.3, 0.4) is 0 Å². The van der Waals surface area contributed by atoms with Gasteiger partial charge >= 0.3 is 5.97 Å². The first kappa shape index (κ1) is 19.8. The maximum atomic E-state index is 13.1. The molecule has 8 nitrogen and oxygen atoms in total. The van der Waals surface area contributed by atoms with Crippen LogP contribution in [0.2, 0.25) is 0 Å². The SMILES string of the molecule is CCOC(=O)[C@@H]1C[C@H]1CN(C[C@@H]1COC(C)(C)O1)C(=O)c1cc(C)nn1C. The fourth-order valence-corrected chi connectivity index (χ4v) is 3.58. The van der Waals surface area contributed by atoms with Crippen LogP contribution in [-0.2, 0) is 26.1 Å². The van der Waals surface area contributed by atoms with Crippen LogP contribution in [0.15, 0.2) is 6.07 Å². The maximum Gasteiger partial charge on any atom is 0.309 e. The van der Waals surface area contributed by atoms with Gasteiger partial charge in [-0.15, -0.1) is 0 Å². The molecule has 0 unspecified atom stereocenters. The van der Waals surface area contributed by atoms with E-state index < -0.39 is 5.79 Å². The van der Waals surface area contributed by atoms with Crippen LogP contribution in [0.5, 0.6) is 0 Å². The predicted molar refractivity (Wildman–Crippen MR) is 97.0 cm³/mol. The third-order valence-corrected chi connectivity index (χ3v) is 4.97. The summed E-state index contributed by atoms with van der Waals surface area (Å²) in [5, 5.41) is 4.27. The second-order valence-corrected chi connectivity index (χ2v) is 7.81. The quantitative estimate of drug-likeness (QED) is 0.668. The van der Waals surface area contributed by atoms with E-state index in [0.717, 1.165) is 12.1 Å². The second kappa shape index (κ2) is 7.59. The summed E-state index contributed by atoms with van der Waals surface area (Å²) in [5.74, 6) is -0.924. The highest BCUT2D eigenvalue weighted by atomic mass is 16.7. The predicted octanol–water partition coefficient (Wildman–Crippen LogP) is 1.52. The van der Waals surface area contributed by atoms with Crippen molar-refractivity contribution in [2.45, 2.75) is 46.0 Å². The van der Waals surface area contributed by atoms with Crippen LogP contribution in [0.25, 0.3) is 0 Å². The Morgan fingerprint density at radius 1 is 1.41 bits per heavy atom. The zero-order valence-electron chi connectivity index (χ0n) is 16.7. The molecule has 0 aromatic carbocycles. The zero-order chi connectivity index (χ0) is 19.8. The van der Waals surface area contributed by atoms with Crippen LogP contribution in [-0.4, -0.2) is 64.8 Å². The lowest BCUT2D eigenvalue weighted by atomic mass is 10.2. The molecule has 27 heavy (non-hydrogen) atoms. The number of carbonyl (C=O) groups is 2. The zero-order valence-corrected chi connectivity index (χ0v) is 16.7. The highest BCUT2D eigenvalue weighted by Gasteiger charge is 2.46. The van der Waals surface area contributed by atoms with E-state index >= 15 is 0 Å². The monoisotopic (exact) mass is 379 g/mol. The number of aryl methyl sites for hydroxylation is 2. The van der Waals surface area contributed by atoms with E-state index in [9.17, 15) is 9.59 Å². The van der Waals surface area contributed by atoms with E-state index in [1.165, 1.54) is 0 Å². The lowest BCUT2D eigenvalue weighted by Crippen LogP contribution is -2.41. The fourth-order valence-electron chi connectivity index (χ4n) is 3.58. The number of amides is 1. The van der Waals surface area contributed by atoms with Crippen LogP contribution in [0.1, 0.15) is 43.4 Å². The Labute approximate surface area is 159 Å². The molecule has 8 heteroatoms. The van der Waals surface area contributed by atoms with E-state index in [-0.39, 0.29) is 29.8 Å². The number of aromatic nitrogens is 2. The molecular formula is C19H29N3O5. The minimum absolute atomic E-state index is 0.110. The van der Waals surface area contributed by atoms with Gasteiger partial charge in [-0.05, 0) is 46.1 Å². The molecule has 1 aromatic rings. The molecule has 1 saturated carbocycles. The van der Waals surface area contributed by atoms with Gasteiger partial charge in [-0.25, -0.2) is 0 Å². The molecule has 2 fully saturated rings. The number of hydrogen-bond donors (Lipinski definition) is 0. The van der Waals surface area contributed by atoms with Crippen molar-refractivity contribution in [2.75, 3.05) is 26.3 Å². The average molecular weight is 379 g/mol. The van der Waals surface area contributed by atoms with Gasteiger partial charge in [-0.1, -0.05) is 0 Å². The highest BCUT2D eigenvalue weighted by Crippen LogP contribution is 2.40. The van der Waals surface area contributed by atoms with Crippen molar-refractivity contribution in [3.05, 3.63) is 17.5 Å². The van der Waals surface area contributed by atoms with Gasteiger partial charge in [0.15, 0.2) is 5.79 Å². The van der Waals surface area contributed by atoms with E-state index in [4.69, 9.17) is 14.2 Å². The molecule has 1 aliphatic heterocycles. The van der Waals surface area contributed by atoms with Gasteiger partial charge in [-0.3, -0.25) is 14.3 Å². The first-order valence-electron chi connectivity index (χ1n) is 9.48. The topological polar surface area (TPSA) is 82.9 Å². The van der Waals surface area contributed by atoms with Gasteiger partial charge in [-0.2, -0.15) is 5.10 Å². The maximum absolute atomic E-state index is 13.1. The lowest BCUT2D eigenvalue weighted by Gasteiger charge is -2.26. The fraction of sp³-hybridized carbons (Fsp3) is 0.737. The van der Waals surface area contributed by atoms with Crippen LogP contribution < -0.4 is 0 Å². The standard InChI is InChI=1S/C19H29N3O5/c1-6-25-18(24)15-8-13(15)9-22(10-14-11-26-19(3,4)27-14)17(23)16-7-12(2)20-21(16)5/h7,13-15H,6,8-11H2,1-5H3/t13-,14+,15+/m0/s1. The molecule has 2 aliphatic rings. The van der Waals surface area contributed by atoms with E-state index in [0.29, 0.717) is 32.0 Å². The Morgan fingerprint density at radius 2 is 2.15 bits per heavy atom. The molecule has 0 spiro atoms. The average Bonchev–Trinajstić information content (AvgIpc) is 3.15. The largest absolute Gasteiger partial charge is 0.466 e. The first-order chi connectivity index (χ1) is 12.7. The van der Waals surface area contributed by atoms with Crippen LogP contribution >= 0.6 is 0 Å². The number of esters is 1. The Kier molecular flexibility index (Phi) is 5.58. The second-order valence-electron chi connectivity index (χ2n) is 7.81. The molecule has 3 rings (SSSR count). The summed E-state index contributed by atoms with van der Waals surface area (Å²) in [6.07, 6.45) is 0.554. The number of nitrogens with zero attached hydrogens (tertiary/aromatic N) is 3. The van der Waals surface area contributed by atoms with E-state index in [1.54, 1.807) is 29.6 Å². The number of rotatable bonds is 7. The summed E-state index contributed by atoms with van der Waals surface area (Å²) >= 11 is 0. The minimum Gasteiger partial charge on any atom is -0.466 e. The third kappa shape index (κ3) is 4.68. The van der Waals surface area contributed by atoms with Crippen LogP contribution in [0.4, 0.5) is 0 Å². The molecule has 0 N–H and O–H groups in total. The summed E-state index contributed by atoms with van der Waals surface area (Å²) in [7, 11) is 1.76. The smallest absolute Gasteiger partial charge is 0.309 e. The van der Waals surface area contributed by atoms with Gasteiger partial charge < -0.3 is 19.1 Å². The Bertz CT molecular complexity index is 714. The lowest BCUT2D eigenvalue weighted by molar-refractivity contribution is -0.145. The van der Waals surface area contributed by atoms with Crippen molar-refractivity contribution < 1.29 is 23.8 Å². The normalized spacial score (nSPS) is 26.0. The van der Waals surface area contributed by atoms with Crippen molar-refractivity contribution in [3.63, 3.8) is 0 Å². The molecule has 0 radical (unpaired) electrons. The summed E-state index contributed by atoms with van der Waals surface area (Å²) in [4.78, 5) is 26.8. The highest BCUT2D eigenvalue weighted by molar-refractivity contribution is 5.92. The third-order valence-electron chi connectivity index (χ3n) is 4.97. The number of ether oxygens (including phenoxy) is 3. The molecule has 1 aromatic heterocycles. The molecule has 150 valence electrons. The molecule has 1 amide bonds. The van der Waals surface area contributed by atoms with Gasteiger partial charge in [0.1, 0.15) is 11.8 Å². The van der Waals surface area contributed by atoms with Crippen LogP contribution in [0, 0.1) is 18.8 Å². The van der Waals surface area contributed by atoms with E-state index in [2.05, 4.69) is 5.10 Å². The van der Waals surface area contributed by atoms with Crippen molar-refractivity contribution >= 4 is 11.9 Å². The van der Waals surface area contributed by atoms with Crippen molar-refractivity contribution in [3.8, 4) is 0 Å². The molecule has 1 aliphatic carbocycles. The first-order valence-corrected chi connectivity index (χ1v) is 9.48. The van der Waals surface area contributed by atoms with Gasteiger partial charge in [0, 0.05) is 20.1 Å². The van der Waals surface area contributed by atoms with Gasteiger partial charge in [0.05, 0.1) is 24.8 Å². The molecule has 1 saturated heterocycles. The summed E-state index contributed by atoms with van der Waals surface area (Å²) < 4.78 is 18.2. The Hall–Kier alpha value is -1.93. The minimum atomic E-state index is -0.643. The van der Waals surface area contributed by atoms with Crippen molar-refractivity contribution in [1.29, 1.82) is 0 Å². The number of hydrogen-bond acceptors (Lipinski definition) is 6. The van der Waals surface area contributed by atoms with Gasteiger partial charge in [0.25, 0.3) is 5.91 Å². The van der Waals surface area contributed by atoms with Crippen molar-refractivity contribution in [1.82, 2.24) is 14.7 Å². The Morgan fingerprint density at radius 3 is 2.70 bits per heavy atom. The summed E-state index contributed by atoms with van der Waals surface area (Å²) in [5.41, 5.74) is 1.32. The number of carbonyl (C=O) groups excluding carboxylic acids is 2. The molecular weight excluding hydrogens is 350 g/mol. The molecule has 3 atom stereocenters. The van der Waals surface area contributed by atoms with Crippen molar-refractivity contribution in [2.24, 2.45) is 18.9 Å². The van der Waals surface area contributed by atoms with Gasteiger partial charge in [0.2, 0.25) is 0 Å². The molecule has 2 heterocycles. The Balaban J connectivity index is 1.70. The summed E-state index contributed by atoms with van der Waals surface area (Å²) in [6.45, 7) is 9.10. The molecule has 0 bridgehead atoms. The summed E-state index contributed by atoms with van der Waals surface area (Å²) in [6, 6.07) is 1.78. The van der Waals surface area contributed by atoms with E-state index in [1.807, 2.05) is 20.8 Å².